The van der Waals surface area contributed by atoms with E-state index in [9.17, 15) is 9.18 Å². The smallest absolute Gasteiger partial charge is 0.250 e. The average Bonchev–Trinajstić information content (AvgIpc) is 3.20. The molecule has 0 fully saturated rings. The first-order valence-electron chi connectivity index (χ1n) is 10.8. The number of methoxy groups -OCH3 is 1. The first-order chi connectivity index (χ1) is 15.8. The lowest BCUT2D eigenvalue weighted by atomic mass is 9.98. The van der Waals surface area contributed by atoms with Crippen LogP contribution in [0.5, 0.6) is 5.88 Å². The Morgan fingerprint density at radius 3 is 2.71 bits per heavy atom. The number of ether oxygens (including phenoxy) is 1. The highest BCUT2D eigenvalue weighted by molar-refractivity contribution is 7.59. The van der Waals surface area contributed by atoms with E-state index < -0.39 is 5.82 Å². The number of aryl methyl sites for hydroxylation is 1. The molecule has 0 aromatic carbocycles. The SMILES string of the molecule is COc1ncc(Cn2cc(CNc3cc4c(c(C)n3)NC(=O)[C@H](C(C)C)N4C)cn2)cc1F.S. The second-order valence-electron chi connectivity index (χ2n) is 8.51. The van der Waals surface area contributed by atoms with Gasteiger partial charge in [-0.05, 0) is 24.5 Å². The van der Waals surface area contributed by atoms with Gasteiger partial charge in [-0.2, -0.15) is 18.6 Å². The predicted octanol–water partition coefficient (Wildman–Crippen LogP) is 3.32. The van der Waals surface area contributed by atoms with E-state index in [2.05, 4.69) is 25.7 Å². The summed E-state index contributed by atoms with van der Waals surface area (Å²) in [6.07, 6.45) is 5.22. The van der Waals surface area contributed by atoms with Crippen molar-refractivity contribution in [2.45, 2.75) is 39.9 Å². The molecule has 1 amide bonds. The minimum atomic E-state index is -0.501. The van der Waals surface area contributed by atoms with Crippen LogP contribution in [0.1, 0.15) is 30.7 Å². The fraction of sp³-hybridized carbons (Fsp3) is 0.391. The molecule has 0 saturated heterocycles. The number of fused-ring (bicyclic) bond motifs is 1. The van der Waals surface area contributed by atoms with Crippen LogP contribution in [0.15, 0.2) is 30.7 Å². The van der Waals surface area contributed by atoms with Crippen molar-refractivity contribution in [3.8, 4) is 5.88 Å². The van der Waals surface area contributed by atoms with Crippen molar-refractivity contribution < 1.29 is 13.9 Å². The highest BCUT2D eigenvalue weighted by Crippen LogP contribution is 2.36. The number of nitrogens with one attached hydrogen (secondary N) is 2. The van der Waals surface area contributed by atoms with Crippen LogP contribution in [0.2, 0.25) is 0 Å². The predicted molar refractivity (Wildman–Crippen MR) is 134 cm³/mol. The molecule has 0 bridgehead atoms. The molecule has 1 aliphatic heterocycles. The lowest BCUT2D eigenvalue weighted by molar-refractivity contribution is -0.118. The second kappa shape index (κ2) is 10.3. The van der Waals surface area contributed by atoms with Gasteiger partial charge < -0.3 is 20.3 Å². The molecule has 0 radical (unpaired) electrons. The van der Waals surface area contributed by atoms with E-state index in [1.54, 1.807) is 17.1 Å². The Morgan fingerprint density at radius 1 is 1.26 bits per heavy atom. The van der Waals surface area contributed by atoms with E-state index >= 15 is 0 Å². The summed E-state index contributed by atoms with van der Waals surface area (Å²) in [6, 6.07) is 3.11. The summed E-state index contributed by atoms with van der Waals surface area (Å²) in [6.45, 7) is 6.86. The van der Waals surface area contributed by atoms with Crippen molar-refractivity contribution in [1.29, 1.82) is 0 Å². The van der Waals surface area contributed by atoms with Crippen LogP contribution < -0.4 is 20.3 Å². The molecular weight excluding hydrogens is 457 g/mol. The highest BCUT2D eigenvalue weighted by Gasteiger charge is 2.34. The molecule has 4 heterocycles. The van der Waals surface area contributed by atoms with E-state index in [-0.39, 0.29) is 37.2 Å². The molecule has 0 aliphatic carbocycles. The summed E-state index contributed by atoms with van der Waals surface area (Å²) in [4.78, 5) is 23.1. The molecule has 182 valence electrons. The zero-order chi connectivity index (χ0) is 23.7. The number of hydrogen-bond acceptors (Lipinski definition) is 7. The van der Waals surface area contributed by atoms with Gasteiger partial charge in [0.1, 0.15) is 11.9 Å². The number of hydrogen-bond donors (Lipinski definition) is 2. The van der Waals surface area contributed by atoms with Gasteiger partial charge in [0, 0.05) is 37.6 Å². The van der Waals surface area contributed by atoms with Crippen molar-refractivity contribution in [1.82, 2.24) is 19.7 Å². The number of aromatic nitrogens is 4. The standard InChI is InChI=1S/C23H28FN7O2.H2S/c1-13(2)21-22(32)29-20-14(3)28-19(7-18(20)30(21)4)25-9-16-10-27-31(12-16)11-15-6-17(24)23(33-5)26-8-15;/h6-8,10,12-13,21H,9,11H2,1-5H3,(H,25,28)(H,29,32);1H2/t21-;/m0./s1. The van der Waals surface area contributed by atoms with Gasteiger partial charge in [0.2, 0.25) is 11.8 Å². The zero-order valence-electron chi connectivity index (χ0n) is 19.9. The monoisotopic (exact) mass is 487 g/mol. The zero-order valence-corrected chi connectivity index (χ0v) is 20.9. The van der Waals surface area contributed by atoms with Crippen molar-refractivity contribution >= 4 is 36.6 Å². The summed E-state index contributed by atoms with van der Waals surface area (Å²) in [7, 11) is 3.32. The van der Waals surface area contributed by atoms with Crippen LogP contribution in [0.4, 0.5) is 21.6 Å². The number of likely N-dealkylation sites (N-methyl/N-ethyl adjacent to an activating group) is 1. The third-order valence-corrected chi connectivity index (χ3v) is 5.69. The van der Waals surface area contributed by atoms with Gasteiger partial charge in [0.05, 0.1) is 36.9 Å². The normalized spacial score (nSPS) is 15.0. The maximum Gasteiger partial charge on any atom is 0.250 e. The Hall–Kier alpha value is -3.34. The third kappa shape index (κ3) is 5.09. The maximum atomic E-state index is 13.9. The maximum absolute atomic E-state index is 13.9. The molecule has 1 aliphatic rings. The van der Waals surface area contributed by atoms with Crippen LogP contribution in [-0.4, -0.2) is 45.9 Å². The first kappa shape index (κ1) is 25.3. The Bertz CT molecular complexity index is 1180. The number of nitrogens with zero attached hydrogens (tertiary/aromatic N) is 5. The van der Waals surface area contributed by atoms with Gasteiger partial charge in [0.25, 0.3) is 0 Å². The molecular formula is C23H30FN7O2S. The number of anilines is 3. The van der Waals surface area contributed by atoms with Gasteiger partial charge in [-0.3, -0.25) is 9.48 Å². The molecule has 1 atom stereocenters. The van der Waals surface area contributed by atoms with Crippen molar-refractivity contribution in [2.24, 2.45) is 5.92 Å². The summed E-state index contributed by atoms with van der Waals surface area (Å²) < 4.78 is 20.5. The Kier molecular flexibility index (Phi) is 7.65. The largest absolute Gasteiger partial charge is 0.479 e. The molecule has 0 spiro atoms. The highest BCUT2D eigenvalue weighted by atomic mass is 32.1. The average molecular weight is 488 g/mol. The van der Waals surface area contributed by atoms with Crippen LogP contribution in [0.25, 0.3) is 0 Å². The molecule has 11 heteroatoms. The quantitative estimate of drug-likeness (QED) is 0.528. The molecule has 34 heavy (non-hydrogen) atoms. The fourth-order valence-electron chi connectivity index (χ4n) is 4.12. The molecule has 3 aromatic heterocycles. The van der Waals surface area contributed by atoms with Crippen LogP contribution in [-0.2, 0) is 17.9 Å². The number of pyridine rings is 2. The van der Waals surface area contributed by atoms with Crippen LogP contribution in [0, 0.1) is 18.7 Å². The third-order valence-electron chi connectivity index (χ3n) is 5.69. The van der Waals surface area contributed by atoms with Gasteiger partial charge in [-0.1, -0.05) is 13.8 Å². The van der Waals surface area contributed by atoms with E-state index in [4.69, 9.17) is 4.74 Å². The topological polar surface area (TPSA) is 97.2 Å². The molecule has 0 saturated carbocycles. The van der Waals surface area contributed by atoms with Crippen LogP contribution >= 0.6 is 13.5 Å². The number of carbonyl (C=O) groups excluding carboxylic acids is 1. The Labute approximate surface area is 205 Å². The van der Waals surface area contributed by atoms with E-state index in [1.165, 1.54) is 13.2 Å². The Morgan fingerprint density at radius 2 is 2.03 bits per heavy atom. The molecule has 4 rings (SSSR count). The minimum Gasteiger partial charge on any atom is -0.479 e. The molecule has 9 nitrogen and oxygen atoms in total. The number of amides is 1. The molecule has 0 unspecified atom stereocenters. The molecule has 2 N–H and O–H groups in total. The first-order valence-corrected chi connectivity index (χ1v) is 10.8. The van der Waals surface area contributed by atoms with Crippen molar-refractivity contribution in [3.63, 3.8) is 0 Å². The number of rotatable bonds is 7. The summed E-state index contributed by atoms with van der Waals surface area (Å²) in [5, 5.41) is 10.7. The van der Waals surface area contributed by atoms with E-state index in [0.29, 0.717) is 24.5 Å². The summed E-state index contributed by atoms with van der Waals surface area (Å²) in [5.74, 6) is 0.352. The lowest BCUT2D eigenvalue weighted by Gasteiger charge is -2.38. The van der Waals surface area contributed by atoms with Crippen molar-refractivity contribution in [3.05, 3.63) is 53.4 Å². The minimum absolute atomic E-state index is 0. The number of halogens is 1. The fourth-order valence-corrected chi connectivity index (χ4v) is 4.12. The second-order valence-corrected chi connectivity index (χ2v) is 8.51. The van der Waals surface area contributed by atoms with E-state index in [0.717, 1.165) is 22.6 Å². The number of carbonyl (C=O) groups is 1. The lowest BCUT2D eigenvalue weighted by Crippen LogP contribution is -2.49. The van der Waals surface area contributed by atoms with Gasteiger partial charge in [-0.15, -0.1) is 0 Å². The van der Waals surface area contributed by atoms with E-state index in [1.807, 2.05) is 45.0 Å². The summed E-state index contributed by atoms with van der Waals surface area (Å²) >= 11 is 0. The van der Waals surface area contributed by atoms with Crippen molar-refractivity contribution in [2.75, 3.05) is 29.7 Å². The summed E-state index contributed by atoms with van der Waals surface area (Å²) in [5.41, 5.74) is 4.08. The Balaban J connectivity index is 0.00000324. The van der Waals surface area contributed by atoms with Gasteiger partial charge >= 0.3 is 0 Å². The van der Waals surface area contributed by atoms with Crippen LogP contribution in [0.3, 0.4) is 0 Å². The van der Waals surface area contributed by atoms with Gasteiger partial charge in [0.15, 0.2) is 5.82 Å². The van der Waals surface area contributed by atoms with Gasteiger partial charge in [-0.25, -0.2) is 14.4 Å². The molecule has 3 aromatic rings.